The summed E-state index contributed by atoms with van der Waals surface area (Å²) in [5, 5.41) is 9.04. The number of carboxylic acid groups (broad SMARTS) is 1. The van der Waals surface area contributed by atoms with Gasteiger partial charge in [0.25, 0.3) is 0 Å². The molecule has 2 unspecified atom stereocenters. The van der Waals surface area contributed by atoms with E-state index in [0.717, 1.165) is 0 Å². The Balaban J connectivity index is 2.34. The number of carbonyl (C=O) groups is 1. The van der Waals surface area contributed by atoms with Crippen LogP contribution >= 0.6 is 0 Å². The Morgan fingerprint density at radius 2 is 1.76 bits per heavy atom. The van der Waals surface area contributed by atoms with E-state index in [0.29, 0.717) is 13.1 Å². The predicted molar refractivity (Wildman–Crippen MR) is 77.8 cm³/mol. The Labute approximate surface area is 124 Å². The van der Waals surface area contributed by atoms with Crippen LogP contribution in [0.15, 0.2) is 17.2 Å². The van der Waals surface area contributed by atoms with E-state index in [1.54, 1.807) is 0 Å². The van der Waals surface area contributed by atoms with Crippen LogP contribution in [0.1, 0.15) is 24.3 Å². The molecule has 21 heavy (non-hydrogen) atoms. The maximum Gasteiger partial charge on any atom is 0.352 e. The molecule has 1 aliphatic heterocycles. The number of aromatic carboxylic acids is 1. The minimum absolute atomic E-state index is 0.0337. The first-order valence-electron chi connectivity index (χ1n) is 6.76. The quantitative estimate of drug-likeness (QED) is 0.875. The monoisotopic (exact) mass is 315 g/mol. The molecular weight excluding hydrogens is 294 g/mol. The number of nitrogens with zero attached hydrogens (tertiary/aromatic N) is 3. The fourth-order valence-corrected chi connectivity index (χ4v) is 4.26. The van der Waals surface area contributed by atoms with Gasteiger partial charge in [-0.25, -0.2) is 13.2 Å². The molecule has 0 bridgehead atoms. The van der Waals surface area contributed by atoms with Gasteiger partial charge in [-0.1, -0.05) is 0 Å². The van der Waals surface area contributed by atoms with Gasteiger partial charge in [0.15, 0.2) is 0 Å². The summed E-state index contributed by atoms with van der Waals surface area (Å²) < 4.78 is 28.1. The van der Waals surface area contributed by atoms with Crippen LogP contribution in [0.25, 0.3) is 0 Å². The number of piperazine rings is 1. The molecule has 7 nitrogen and oxygen atoms in total. The Morgan fingerprint density at radius 3 is 2.19 bits per heavy atom. The number of likely N-dealkylation sites (N-methyl/N-ethyl adjacent to an activating group) is 1. The number of carboxylic acids is 1. The average Bonchev–Trinajstić information content (AvgIpc) is 2.78. The molecular formula is C13H21N3O4S. The zero-order chi connectivity index (χ0) is 15.9. The molecule has 1 fully saturated rings. The highest BCUT2D eigenvalue weighted by atomic mass is 32.2. The molecule has 2 atom stereocenters. The van der Waals surface area contributed by atoms with Crippen LogP contribution in [0, 0.1) is 0 Å². The van der Waals surface area contributed by atoms with E-state index in [4.69, 9.17) is 5.11 Å². The van der Waals surface area contributed by atoms with Crippen molar-refractivity contribution >= 4 is 16.0 Å². The number of rotatable bonds is 3. The third-order valence-electron chi connectivity index (χ3n) is 4.16. The van der Waals surface area contributed by atoms with Crippen molar-refractivity contribution < 1.29 is 18.3 Å². The van der Waals surface area contributed by atoms with Gasteiger partial charge in [0.2, 0.25) is 10.0 Å². The highest BCUT2D eigenvalue weighted by molar-refractivity contribution is 7.89. The van der Waals surface area contributed by atoms with Crippen molar-refractivity contribution in [3.8, 4) is 0 Å². The predicted octanol–water partition coefficient (Wildman–Crippen LogP) is 0.436. The lowest BCUT2D eigenvalue weighted by Crippen LogP contribution is -2.56. The summed E-state index contributed by atoms with van der Waals surface area (Å²) in [6.45, 7) is 4.76. The number of sulfonamides is 1. The van der Waals surface area contributed by atoms with Gasteiger partial charge in [0.1, 0.15) is 10.6 Å². The van der Waals surface area contributed by atoms with Crippen molar-refractivity contribution in [2.45, 2.75) is 30.8 Å². The molecule has 8 heteroatoms. The van der Waals surface area contributed by atoms with E-state index in [1.165, 1.54) is 28.2 Å². The molecule has 0 aromatic carbocycles. The van der Waals surface area contributed by atoms with Gasteiger partial charge in [-0.15, -0.1) is 0 Å². The maximum atomic E-state index is 12.7. The molecule has 0 aliphatic carbocycles. The topological polar surface area (TPSA) is 82.9 Å². The first-order chi connectivity index (χ1) is 9.64. The molecule has 118 valence electrons. The number of hydrogen-bond donors (Lipinski definition) is 1. The number of aryl methyl sites for hydroxylation is 1. The van der Waals surface area contributed by atoms with E-state index < -0.39 is 16.0 Å². The molecule has 1 aliphatic rings. The molecule has 2 rings (SSSR count). The van der Waals surface area contributed by atoms with Gasteiger partial charge in [-0.05, 0) is 27.0 Å². The normalized spacial score (nSPS) is 25.1. The molecule has 1 aromatic rings. The first kappa shape index (κ1) is 16.0. The minimum Gasteiger partial charge on any atom is -0.477 e. The van der Waals surface area contributed by atoms with E-state index >= 15 is 0 Å². The Bertz CT molecular complexity index is 640. The Kier molecular flexibility index (Phi) is 4.14. The van der Waals surface area contributed by atoms with Gasteiger partial charge in [-0.3, -0.25) is 4.90 Å². The summed E-state index contributed by atoms with van der Waals surface area (Å²) in [4.78, 5) is 13.2. The van der Waals surface area contributed by atoms with Crippen molar-refractivity contribution in [2.75, 3.05) is 20.1 Å². The van der Waals surface area contributed by atoms with E-state index in [1.807, 2.05) is 20.9 Å². The minimum atomic E-state index is -3.66. The molecule has 1 N–H and O–H groups in total. The molecule has 1 aromatic heterocycles. The highest BCUT2D eigenvalue weighted by Gasteiger charge is 2.35. The van der Waals surface area contributed by atoms with Crippen molar-refractivity contribution in [3.05, 3.63) is 18.0 Å². The van der Waals surface area contributed by atoms with Gasteiger partial charge in [0.05, 0.1) is 0 Å². The van der Waals surface area contributed by atoms with Crippen LogP contribution in [0.4, 0.5) is 0 Å². The lowest BCUT2D eigenvalue weighted by atomic mass is 10.1. The van der Waals surface area contributed by atoms with Crippen molar-refractivity contribution in [1.29, 1.82) is 0 Å². The SMILES string of the molecule is CC1CN(S(=O)(=O)c2cc(C(=O)O)n(C)c2)CC(C)N1C. The standard InChI is InChI=1S/C13H21N3O4S/c1-9-6-16(7-10(2)15(9)4)21(19,20)11-5-12(13(17)18)14(3)8-11/h5,8-10H,6-7H2,1-4H3,(H,17,18). The first-order valence-corrected chi connectivity index (χ1v) is 8.20. The molecule has 0 spiro atoms. The summed E-state index contributed by atoms with van der Waals surface area (Å²) in [5.41, 5.74) is -0.0381. The molecule has 0 amide bonds. The summed E-state index contributed by atoms with van der Waals surface area (Å²) in [5.74, 6) is -1.14. The third kappa shape index (κ3) is 2.83. The van der Waals surface area contributed by atoms with Crippen LogP contribution in [0.2, 0.25) is 0 Å². The average molecular weight is 315 g/mol. The fraction of sp³-hybridized carbons (Fsp3) is 0.615. The summed E-state index contributed by atoms with van der Waals surface area (Å²) in [6, 6.07) is 1.45. The lowest BCUT2D eigenvalue weighted by molar-refractivity contribution is 0.0686. The number of aromatic nitrogens is 1. The van der Waals surface area contributed by atoms with Gasteiger partial charge < -0.3 is 9.67 Å². The van der Waals surface area contributed by atoms with Gasteiger partial charge in [0, 0.05) is 38.4 Å². The summed E-state index contributed by atoms with van der Waals surface area (Å²) in [6.07, 6.45) is 1.35. The Hall–Kier alpha value is -1.38. The zero-order valence-electron chi connectivity index (χ0n) is 12.6. The molecule has 2 heterocycles. The van der Waals surface area contributed by atoms with Crippen molar-refractivity contribution in [1.82, 2.24) is 13.8 Å². The summed E-state index contributed by atoms with van der Waals surface area (Å²) in [7, 11) is -0.162. The number of hydrogen-bond acceptors (Lipinski definition) is 4. The van der Waals surface area contributed by atoms with E-state index in [-0.39, 0.29) is 22.7 Å². The van der Waals surface area contributed by atoms with Crippen molar-refractivity contribution in [3.63, 3.8) is 0 Å². The van der Waals surface area contributed by atoms with Crippen LogP contribution in [0.5, 0.6) is 0 Å². The van der Waals surface area contributed by atoms with Crippen LogP contribution in [0.3, 0.4) is 0 Å². The molecule has 0 saturated carbocycles. The fourth-order valence-electron chi connectivity index (χ4n) is 2.59. The Morgan fingerprint density at radius 1 is 1.24 bits per heavy atom. The largest absolute Gasteiger partial charge is 0.477 e. The zero-order valence-corrected chi connectivity index (χ0v) is 13.5. The van der Waals surface area contributed by atoms with Crippen LogP contribution < -0.4 is 0 Å². The lowest BCUT2D eigenvalue weighted by Gasteiger charge is -2.41. The van der Waals surface area contributed by atoms with E-state index in [2.05, 4.69) is 4.90 Å². The van der Waals surface area contributed by atoms with Crippen LogP contribution in [-0.4, -0.2) is 65.5 Å². The van der Waals surface area contributed by atoms with Crippen molar-refractivity contribution in [2.24, 2.45) is 7.05 Å². The second-order valence-electron chi connectivity index (χ2n) is 5.66. The molecule has 1 saturated heterocycles. The second kappa shape index (κ2) is 5.43. The smallest absolute Gasteiger partial charge is 0.352 e. The van der Waals surface area contributed by atoms with Gasteiger partial charge in [-0.2, -0.15) is 4.31 Å². The molecule has 0 radical (unpaired) electrons. The van der Waals surface area contributed by atoms with Crippen LogP contribution in [-0.2, 0) is 17.1 Å². The maximum absolute atomic E-state index is 12.7. The third-order valence-corrected chi connectivity index (χ3v) is 5.96. The second-order valence-corrected chi connectivity index (χ2v) is 7.60. The summed E-state index contributed by atoms with van der Waals surface area (Å²) >= 11 is 0. The van der Waals surface area contributed by atoms with Gasteiger partial charge >= 0.3 is 5.97 Å². The van der Waals surface area contributed by atoms with E-state index in [9.17, 15) is 13.2 Å². The highest BCUT2D eigenvalue weighted by Crippen LogP contribution is 2.23.